The molecule has 1 unspecified atom stereocenters. The van der Waals surface area contributed by atoms with Gasteiger partial charge in [0.05, 0.1) is 4.92 Å². The molecule has 0 saturated heterocycles. The van der Waals surface area contributed by atoms with Crippen molar-refractivity contribution in [3.05, 3.63) is 68.8 Å². The smallest absolute Gasteiger partial charge is 0.274 e. The topological polar surface area (TPSA) is 55.2 Å². The molecule has 0 heterocycles. The summed E-state index contributed by atoms with van der Waals surface area (Å²) >= 11 is 0. The van der Waals surface area contributed by atoms with Crippen LogP contribution in [0.1, 0.15) is 35.2 Å². The number of nitrogens with one attached hydrogen (secondary N) is 1. The van der Waals surface area contributed by atoms with Gasteiger partial charge in [0, 0.05) is 23.4 Å². The predicted octanol–water partition coefficient (Wildman–Crippen LogP) is 4.69. The second-order valence-corrected chi connectivity index (χ2v) is 5.48. The average Bonchev–Trinajstić information content (AvgIpc) is 2.43. The summed E-state index contributed by atoms with van der Waals surface area (Å²) in [6.07, 6.45) is 0. The number of nitrogens with zero attached hydrogens (tertiary/aromatic N) is 1. The van der Waals surface area contributed by atoms with E-state index >= 15 is 0 Å². The van der Waals surface area contributed by atoms with E-state index < -0.39 is 0 Å². The first-order valence-corrected chi connectivity index (χ1v) is 6.97. The molecule has 1 atom stereocenters. The van der Waals surface area contributed by atoms with Gasteiger partial charge < -0.3 is 5.32 Å². The van der Waals surface area contributed by atoms with E-state index in [4.69, 9.17) is 0 Å². The third-order valence-corrected chi connectivity index (χ3v) is 3.69. The highest BCUT2D eigenvalue weighted by Gasteiger charge is 2.13. The van der Waals surface area contributed by atoms with Crippen molar-refractivity contribution in [2.24, 2.45) is 0 Å². The van der Waals surface area contributed by atoms with E-state index in [2.05, 4.69) is 44.3 Å². The summed E-state index contributed by atoms with van der Waals surface area (Å²) in [5.41, 5.74) is 5.21. The molecule has 0 aliphatic rings. The molecule has 4 heteroatoms. The van der Waals surface area contributed by atoms with Gasteiger partial charge in [0.25, 0.3) is 5.69 Å². The Balaban J connectivity index is 2.27. The quantitative estimate of drug-likeness (QED) is 0.654. The maximum Gasteiger partial charge on any atom is 0.274 e. The van der Waals surface area contributed by atoms with Gasteiger partial charge in [-0.3, -0.25) is 10.1 Å². The van der Waals surface area contributed by atoms with Crippen molar-refractivity contribution < 1.29 is 4.92 Å². The predicted molar refractivity (Wildman–Crippen MR) is 85.8 cm³/mol. The van der Waals surface area contributed by atoms with Crippen LogP contribution in [-0.4, -0.2) is 4.92 Å². The maximum atomic E-state index is 11.0. The highest BCUT2D eigenvalue weighted by atomic mass is 16.6. The Kier molecular flexibility index (Phi) is 4.26. The SMILES string of the molecule is Cc1ccc(C)c(C(C)Nc2ccc(C)c([N+](=O)[O-])c2)c1. The first-order valence-electron chi connectivity index (χ1n) is 6.97. The number of nitro benzene ring substituents is 1. The van der Waals surface area contributed by atoms with Crippen LogP contribution in [0.2, 0.25) is 0 Å². The lowest BCUT2D eigenvalue weighted by Gasteiger charge is -2.18. The molecular formula is C17H20N2O2. The summed E-state index contributed by atoms with van der Waals surface area (Å²) in [6, 6.07) is 11.7. The van der Waals surface area contributed by atoms with Crippen molar-refractivity contribution >= 4 is 11.4 Å². The average molecular weight is 284 g/mol. The molecule has 0 amide bonds. The van der Waals surface area contributed by atoms with Gasteiger partial charge in [-0.1, -0.05) is 29.8 Å². The fourth-order valence-electron chi connectivity index (χ4n) is 2.45. The van der Waals surface area contributed by atoms with E-state index in [-0.39, 0.29) is 16.7 Å². The van der Waals surface area contributed by atoms with Crippen molar-refractivity contribution in [1.82, 2.24) is 0 Å². The number of hydrogen-bond donors (Lipinski definition) is 1. The van der Waals surface area contributed by atoms with Gasteiger partial charge in [0.2, 0.25) is 0 Å². The van der Waals surface area contributed by atoms with Crippen LogP contribution in [0.5, 0.6) is 0 Å². The van der Waals surface area contributed by atoms with Crippen LogP contribution in [0, 0.1) is 30.9 Å². The van der Waals surface area contributed by atoms with Crippen LogP contribution < -0.4 is 5.32 Å². The van der Waals surface area contributed by atoms with Crippen LogP contribution in [0.4, 0.5) is 11.4 Å². The van der Waals surface area contributed by atoms with E-state index in [1.54, 1.807) is 19.1 Å². The van der Waals surface area contributed by atoms with Crippen molar-refractivity contribution in [1.29, 1.82) is 0 Å². The molecule has 0 saturated carbocycles. The summed E-state index contributed by atoms with van der Waals surface area (Å²) in [6.45, 7) is 7.94. The number of hydrogen-bond acceptors (Lipinski definition) is 3. The van der Waals surface area contributed by atoms with Crippen molar-refractivity contribution in [3.63, 3.8) is 0 Å². The van der Waals surface area contributed by atoms with Gasteiger partial charge in [0.1, 0.15) is 0 Å². The maximum absolute atomic E-state index is 11.0. The summed E-state index contributed by atoms with van der Waals surface area (Å²) in [5.74, 6) is 0. The number of benzene rings is 2. The van der Waals surface area contributed by atoms with E-state index in [0.29, 0.717) is 5.56 Å². The molecule has 21 heavy (non-hydrogen) atoms. The van der Waals surface area contributed by atoms with Gasteiger partial charge in [-0.15, -0.1) is 0 Å². The molecule has 2 aromatic rings. The molecule has 4 nitrogen and oxygen atoms in total. The lowest BCUT2D eigenvalue weighted by molar-refractivity contribution is -0.385. The van der Waals surface area contributed by atoms with Gasteiger partial charge in [-0.05, 0) is 44.9 Å². The lowest BCUT2D eigenvalue weighted by Crippen LogP contribution is -2.09. The zero-order valence-electron chi connectivity index (χ0n) is 12.8. The number of rotatable bonds is 4. The molecule has 0 fully saturated rings. The Morgan fingerprint density at radius 2 is 1.71 bits per heavy atom. The first-order chi connectivity index (χ1) is 9.88. The molecule has 110 valence electrons. The fourth-order valence-corrected chi connectivity index (χ4v) is 2.45. The van der Waals surface area contributed by atoms with E-state index in [1.165, 1.54) is 16.7 Å². The van der Waals surface area contributed by atoms with Gasteiger partial charge >= 0.3 is 0 Å². The van der Waals surface area contributed by atoms with Crippen molar-refractivity contribution in [2.45, 2.75) is 33.7 Å². The standard InChI is InChI=1S/C17H20N2O2/c1-11-5-6-12(2)16(9-11)14(4)18-15-8-7-13(3)17(10-15)19(20)21/h5-10,14,18H,1-4H3. The Morgan fingerprint density at radius 1 is 1.05 bits per heavy atom. The molecule has 0 aliphatic heterocycles. The van der Waals surface area contributed by atoms with Crippen LogP contribution in [0.15, 0.2) is 36.4 Å². The van der Waals surface area contributed by atoms with E-state index in [1.807, 2.05) is 6.07 Å². The Hall–Kier alpha value is -2.36. The van der Waals surface area contributed by atoms with Crippen molar-refractivity contribution in [2.75, 3.05) is 5.32 Å². The summed E-state index contributed by atoms with van der Waals surface area (Å²) < 4.78 is 0. The highest BCUT2D eigenvalue weighted by molar-refractivity contribution is 5.56. The Bertz CT molecular complexity index is 680. The monoisotopic (exact) mass is 284 g/mol. The molecule has 0 aliphatic carbocycles. The zero-order valence-corrected chi connectivity index (χ0v) is 12.8. The number of nitro groups is 1. The van der Waals surface area contributed by atoms with E-state index in [0.717, 1.165) is 5.69 Å². The minimum Gasteiger partial charge on any atom is -0.378 e. The van der Waals surface area contributed by atoms with Crippen LogP contribution in [0.25, 0.3) is 0 Å². The molecule has 1 N–H and O–H groups in total. The minimum atomic E-state index is -0.344. The van der Waals surface area contributed by atoms with Crippen LogP contribution in [-0.2, 0) is 0 Å². The molecule has 0 bridgehead atoms. The number of anilines is 1. The molecule has 0 spiro atoms. The number of aryl methyl sites for hydroxylation is 3. The summed E-state index contributed by atoms with van der Waals surface area (Å²) in [7, 11) is 0. The summed E-state index contributed by atoms with van der Waals surface area (Å²) in [4.78, 5) is 10.7. The second kappa shape index (κ2) is 5.95. The van der Waals surface area contributed by atoms with Crippen LogP contribution >= 0.6 is 0 Å². The zero-order chi connectivity index (χ0) is 15.6. The summed E-state index contributed by atoms with van der Waals surface area (Å²) in [5, 5.41) is 14.4. The lowest BCUT2D eigenvalue weighted by atomic mass is 9.99. The van der Waals surface area contributed by atoms with Gasteiger partial charge in [-0.2, -0.15) is 0 Å². The Labute approximate surface area is 125 Å². The Morgan fingerprint density at radius 3 is 2.38 bits per heavy atom. The molecule has 2 aromatic carbocycles. The molecule has 0 radical (unpaired) electrons. The third-order valence-electron chi connectivity index (χ3n) is 3.69. The second-order valence-electron chi connectivity index (χ2n) is 5.48. The highest BCUT2D eigenvalue weighted by Crippen LogP contribution is 2.27. The largest absolute Gasteiger partial charge is 0.378 e. The third kappa shape index (κ3) is 3.40. The molecular weight excluding hydrogens is 264 g/mol. The fraction of sp³-hybridized carbons (Fsp3) is 0.294. The van der Waals surface area contributed by atoms with Gasteiger partial charge in [0.15, 0.2) is 0 Å². The van der Waals surface area contributed by atoms with Gasteiger partial charge in [-0.25, -0.2) is 0 Å². The van der Waals surface area contributed by atoms with E-state index in [9.17, 15) is 10.1 Å². The minimum absolute atomic E-state index is 0.0900. The normalized spacial score (nSPS) is 12.0. The van der Waals surface area contributed by atoms with Crippen molar-refractivity contribution in [3.8, 4) is 0 Å². The van der Waals surface area contributed by atoms with Crippen LogP contribution in [0.3, 0.4) is 0 Å². The first kappa shape index (κ1) is 15.0. The molecule has 2 rings (SSSR count). The molecule has 0 aromatic heterocycles.